The molecule has 0 saturated heterocycles. The molecule has 1 N–H and O–H groups in total. The van der Waals surface area contributed by atoms with Crippen molar-refractivity contribution >= 4 is 33.1 Å². The van der Waals surface area contributed by atoms with E-state index in [9.17, 15) is 4.79 Å². The summed E-state index contributed by atoms with van der Waals surface area (Å²) in [5, 5.41) is 4.03. The van der Waals surface area contributed by atoms with Crippen molar-refractivity contribution in [1.82, 2.24) is 9.88 Å². The molecule has 0 radical (unpaired) electrons. The molecule has 1 unspecified atom stereocenters. The highest BCUT2D eigenvalue weighted by Crippen LogP contribution is 2.23. The van der Waals surface area contributed by atoms with Crippen molar-refractivity contribution in [3.05, 3.63) is 59.1 Å². The Labute approximate surface area is 158 Å². The maximum atomic E-state index is 12.6. The van der Waals surface area contributed by atoms with Crippen molar-refractivity contribution in [2.24, 2.45) is 0 Å². The largest absolute Gasteiger partial charge is 0.325 e. The average molecular weight is 368 g/mol. The molecule has 0 spiro atoms. The van der Waals surface area contributed by atoms with Crippen molar-refractivity contribution in [3.63, 3.8) is 0 Å². The van der Waals surface area contributed by atoms with E-state index in [0.717, 1.165) is 16.2 Å². The molecule has 3 aromatic rings. The topological polar surface area (TPSA) is 45.2 Å². The molecule has 5 heteroatoms. The maximum absolute atomic E-state index is 12.6. The van der Waals surface area contributed by atoms with Gasteiger partial charge in [-0.25, -0.2) is 4.98 Å². The van der Waals surface area contributed by atoms with Crippen molar-refractivity contribution in [3.8, 4) is 0 Å². The molecule has 2 aromatic carbocycles. The van der Waals surface area contributed by atoms with Crippen LogP contribution in [0.5, 0.6) is 0 Å². The molecule has 0 aliphatic heterocycles. The molecule has 4 nitrogen and oxygen atoms in total. The van der Waals surface area contributed by atoms with Crippen LogP contribution in [0.1, 0.15) is 37.3 Å². The Morgan fingerprint density at radius 3 is 2.46 bits per heavy atom. The molecule has 1 atom stereocenters. The van der Waals surface area contributed by atoms with Gasteiger partial charge in [0, 0.05) is 5.69 Å². The zero-order valence-electron chi connectivity index (χ0n) is 15.7. The van der Waals surface area contributed by atoms with Gasteiger partial charge in [0.05, 0.1) is 22.8 Å². The van der Waals surface area contributed by atoms with E-state index in [-0.39, 0.29) is 11.9 Å². The summed E-state index contributed by atoms with van der Waals surface area (Å²) in [7, 11) is 1.96. The molecule has 0 aliphatic carbocycles. The molecule has 0 fully saturated rings. The van der Waals surface area contributed by atoms with Crippen LogP contribution in [0.4, 0.5) is 5.69 Å². The molecular weight excluding hydrogens is 342 g/mol. The first-order valence-electron chi connectivity index (χ1n) is 8.89. The molecule has 0 aliphatic rings. The van der Waals surface area contributed by atoms with Gasteiger partial charge in [0.25, 0.3) is 0 Å². The number of hydrogen-bond acceptors (Lipinski definition) is 4. The molecule has 1 aromatic heterocycles. The van der Waals surface area contributed by atoms with E-state index in [0.29, 0.717) is 12.5 Å². The molecular formula is C21H25N3OS. The zero-order chi connectivity index (χ0) is 18.7. The normalized spacial score (nSPS) is 12.7. The minimum absolute atomic E-state index is 0.00842. The summed E-state index contributed by atoms with van der Waals surface area (Å²) in [6.45, 7) is 6.89. The van der Waals surface area contributed by atoms with Crippen LogP contribution in [0.3, 0.4) is 0 Å². The molecule has 26 heavy (non-hydrogen) atoms. The number of anilines is 1. The third kappa shape index (κ3) is 4.29. The second-order valence-corrected chi connectivity index (χ2v) is 8.05. The Hall–Kier alpha value is -2.24. The number of fused-ring (bicyclic) bond motifs is 1. The highest BCUT2D eigenvalue weighted by molar-refractivity contribution is 7.18. The second-order valence-electron chi connectivity index (χ2n) is 6.93. The van der Waals surface area contributed by atoms with Gasteiger partial charge in [-0.1, -0.05) is 38.1 Å². The predicted octanol–water partition coefficient (Wildman–Crippen LogP) is 4.88. The quantitative estimate of drug-likeness (QED) is 0.675. The highest BCUT2D eigenvalue weighted by Gasteiger charge is 2.19. The van der Waals surface area contributed by atoms with Crippen LogP contribution in [0.25, 0.3) is 10.2 Å². The number of likely N-dealkylation sites (N-methyl/N-ethyl adjacent to an activating group) is 1. The monoisotopic (exact) mass is 367 g/mol. The van der Waals surface area contributed by atoms with Crippen LogP contribution in [0.2, 0.25) is 0 Å². The van der Waals surface area contributed by atoms with Crippen LogP contribution < -0.4 is 5.32 Å². The van der Waals surface area contributed by atoms with Gasteiger partial charge < -0.3 is 5.32 Å². The number of para-hydroxylation sites is 1. The number of thiazole rings is 1. The first-order valence-corrected chi connectivity index (χ1v) is 9.71. The van der Waals surface area contributed by atoms with Gasteiger partial charge in [-0.2, -0.15) is 0 Å². The van der Waals surface area contributed by atoms with Crippen LogP contribution in [0, 0.1) is 0 Å². The number of nitrogens with zero attached hydrogens (tertiary/aromatic N) is 2. The molecule has 136 valence electrons. The molecule has 1 heterocycles. The van der Waals surface area contributed by atoms with Crippen molar-refractivity contribution in [2.45, 2.75) is 39.3 Å². The number of nitrogens with one attached hydrogen (secondary N) is 1. The highest BCUT2D eigenvalue weighted by atomic mass is 32.1. The lowest BCUT2D eigenvalue weighted by Crippen LogP contribution is -2.39. The minimum atomic E-state index is -0.244. The maximum Gasteiger partial charge on any atom is 0.241 e. The Balaban J connectivity index is 1.61. The number of amides is 1. The van der Waals surface area contributed by atoms with Crippen molar-refractivity contribution in [1.29, 1.82) is 0 Å². The summed E-state index contributed by atoms with van der Waals surface area (Å²) in [5.41, 5.74) is 3.12. The summed E-state index contributed by atoms with van der Waals surface area (Å²) in [6.07, 6.45) is 0. The van der Waals surface area contributed by atoms with Crippen LogP contribution in [-0.4, -0.2) is 28.9 Å². The number of benzene rings is 2. The average Bonchev–Trinajstić information content (AvgIpc) is 3.03. The summed E-state index contributed by atoms with van der Waals surface area (Å²) in [5.74, 6) is 0.476. The van der Waals surface area contributed by atoms with Gasteiger partial charge in [0.15, 0.2) is 0 Å². The zero-order valence-corrected chi connectivity index (χ0v) is 16.5. The SMILES string of the molecule is CC(C)c1ccc(NC(=O)C(C)N(C)Cc2nc3ccccc3s2)cc1. The third-order valence-corrected chi connectivity index (χ3v) is 5.63. The van der Waals surface area contributed by atoms with Gasteiger partial charge in [-0.3, -0.25) is 9.69 Å². The van der Waals surface area contributed by atoms with E-state index in [1.807, 2.05) is 49.2 Å². The number of rotatable bonds is 6. The molecule has 0 bridgehead atoms. The van der Waals surface area contributed by atoms with Gasteiger partial charge in [-0.05, 0) is 49.7 Å². The summed E-state index contributed by atoms with van der Waals surface area (Å²) in [4.78, 5) is 19.2. The summed E-state index contributed by atoms with van der Waals surface area (Å²) >= 11 is 1.68. The Morgan fingerprint density at radius 2 is 1.81 bits per heavy atom. The van der Waals surface area contributed by atoms with E-state index in [2.05, 4.69) is 42.3 Å². The number of aromatic nitrogens is 1. The lowest BCUT2D eigenvalue weighted by Gasteiger charge is -2.23. The number of carbonyl (C=O) groups excluding carboxylic acids is 1. The second kappa shape index (κ2) is 7.98. The van der Waals surface area contributed by atoms with Crippen LogP contribution >= 0.6 is 11.3 Å². The fourth-order valence-electron chi connectivity index (χ4n) is 2.74. The fourth-order valence-corrected chi connectivity index (χ4v) is 3.77. The van der Waals surface area contributed by atoms with E-state index in [1.165, 1.54) is 10.3 Å². The van der Waals surface area contributed by atoms with Crippen LogP contribution in [-0.2, 0) is 11.3 Å². The summed E-state index contributed by atoms with van der Waals surface area (Å²) in [6, 6.07) is 15.9. The first kappa shape index (κ1) is 18.5. The number of carbonyl (C=O) groups is 1. The van der Waals surface area contributed by atoms with Gasteiger partial charge in [-0.15, -0.1) is 11.3 Å². The molecule has 0 saturated carbocycles. The third-order valence-electron chi connectivity index (χ3n) is 4.61. The lowest BCUT2D eigenvalue weighted by molar-refractivity contribution is -0.120. The smallest absolute Gasteiger partial charge is 0.241 e. The van der Waals surface area contributed by atoms with E-state index >= 15 is 0 Å². The van der Waals surface area contributed by atoms with Crippen molar-refractivity contribution in [2.75, 3.05) is 12.4 Å². The van der Waals surface area contributed by atoms with Crippen LogP contribution in [0.15, 0.2) is 48.5 Å². The van der Waals surface area contributed by atoms with Gasteiger partial charge in [0.1, 0.15) is 5.01 Å². The Kier molecular flexibility index (Phi) is 5.69. The van der Waals surface area contributed by atoms with Gasteiger partial charge in [0.2, 0.25) is 5.91 Å². The van der Waals surface area contributed by atoms with E-state index in [4.69, 9.17) is 0 Å². The molecule has 1 amide bonds. The Morgan fingerprint density at radius 1 is 1.12 bits per heavy atom. The lowest BCUT2D eigenvalue weighted by atomic mass is 10.0. The first-order chi connectivity index (χ1) is 12.4. The fraction of sp³-hybridized carbons (Fsp3) is 0.333. The van der Waals surface area contributed by atoms with Gasteiger partial charge >= 0.3 is 0 Å². The van der Waals surface area contributed by atoms with E-state index < -0.39 is 0 Å². The van der Waals surface area contributed by atoms with E-state index in [1.54, 1.807) is 11.3 Å². The molecule has 3 rings (SSSR count). The van der Waals surface area contributed by atoms with Crippen molar-refractivity contribution < 1.29 is 4.79 Å². The Bertz CT molecular complexity index is 853. The predicted molar refractivity (Wildman–Crippen MR) is 110 cm³/mol. The standard InChI is InChI=1S/C21H25N3OS/c1-14(2)16-9-11-17(12-10-16)22-21(25)15(3)24(4)13-20-23-18-7-5-6-8-19(18)26-20/h5-12,14-15H,13H2,1-4H3,(H,22,25). The number of hydrogen-bond donors (Lipinski definition) is 1. The summed E-state index contributed by atoms with van der Waals surface area (Å²) < 4.78 is 1.18. The minimum Gasteiger partial charge on any atom is -0.325 e.